The number of hydrogen-bond acceptors (Lipinski definition) is 7. The number of benzene rings is 2. The number of aliphatic hydroxyl groups is 1. The number of rotatable bonds is 8. The molecule has 170 valence electrons. The summed E-state index contributed by atoms with van der Waals surface area (Å²) in [4.78, 5) is 29.5. The van der Waals surface area contributed by atoms with Crippen molar-refractivity contribution in [2.45, 2.75) is 6.92 Å². The Kier molecular flexibility index (Phi) is 8.10. The highest BCUT2D eigenvalue weighted by molar-refractivity contribution is 8.18. The molecule has 1 amide bonds. The first-order valence-electron chi connectivity index (χ1n) is 10.1. The Bertz CT molecular complexity index is 1150. The fourth-order valence-electron chi connectivity index (χ4n) is 2.92. The second-order valence-corrected chi connectivity index (χ2v) is 7.68. The van der Waals surface area contributed by atoms with Gasteiger partial charge in [-0.2, -0.15) is 0 Å². The normalized spacial score (nSPS) is 15.6. The monoisotopic (exact) mass is 465 g/mol. The van der Waals surface area contributed by atoms with Crippen LogP contribution in [0.15, 0.2) is 82.4 Å². The van der Waals surface area contributed by atoms with Crippen LogP contribution in [-0.4, -0.2) is 42.4 Å². The molecule has 0 saturated heterocycles. The number of ether oxygens (including phenoxy) is 3. The summed E-state index contributed by atoms with van der Waals surface area (Å²) in [6.07, 6.45) is 3.29. The van der Waals surface area contributed by atoms with Crippen LogP contribution in [0.3, 0.4) is 0 Å². The van der Waals surface area contributed by atoms with Crippen molar-refractivity contribution >= 4 is 34.8 Å². The Morgan fingerprint density at radius 2 is 1.91 bits per heavy atom. The molecule has 2 aromatic rings. The number of aliphatic imine (C=N–C) groups is 1. The minimum absolute atomic E-state index is 0.0731. The number of nitrogens with zero attached hydrogens (tertiary/aromatic N) is 1. The molecule has 2 aromatic carbocycles. The second-order valence-electron chi connectivity index (χ2n) is 6.65. The SMILES string of the molecule is C=CCOc1ccc(/C=C2\SC(=NC(=O)c3ccccc3)C(C(=O)OCC)=C2O)cc1OC. The molecular weight excluding hydrogens is 442 g/mol. The van der Waals surface area contributed by atoms with Gasteiger partial charge in [0.15, 0.2) is 11.5 Å². The molecule has 0 saturated carbocycles. The molecule has 0 unspecified atom stereocenters. The maximum atomic E-state index is 12.6. The van der Waals surface area contributed by atoms with Crippen molar-refractivity contribution in [2.75, 3.05) is 20.3 Å². The van der Waals surface area contributed by atoms with Crippen LogP contribution in [0, 0.1) is 0 Å². The van der Waals surface area contributed by atoms with Crippen LogP contribution in [0.2, 0.25) is 0 Å². The second kappa shape index (κ2) is 11.2. The molecule has 0 atom stereocenters. The first-order chi connectivity index (χ1) is 16.0. The number of thioether (sulfide) groups is 1. The zero-order valence-electron chi connectivity index (χ0n) is 18.2. The lowest BCUT2D eigenvalue weighted by Gasteiger charge is -2.10. The van der Waals surface area contributed by atoms with Crippen LogP contribution >= 0.6 is 11.8 Å². The van der Waals surface area contributed by atoms with Gasteiger partial charge in [-0.1, -0.05) is 48.7 Å². The third kappa shape index (κ3) is 5.72. The molecule has 7 nitrogen and oxygen atoms in total. The Morgan fingerprint density at radius 1 is 1.15 bits per heavy atom. The van der Waals surface area contributed by atoms with Crippen LogP contribution in [0.1, 0.15) is 22.8 Å². The van der Waals surface area contributed by atoms with Crippen LogP contribution < -0.4 is 9.47 Å². The molecule has 0 bridgehead atoms. The highest BCUT2D eigenvalue weighted by atomic mass is 32.2. The summed E-state index contributed by atoms with van der Waals surface area (Å²) in [6, 6.07) is 13.7. The molecule has 3 rings (SSSR count). The van der Waals surface area contributed by atoms with Gasteiger partial charge >= 0.3 is 5.97 Å². The van der Waals surface area contributed by atoms with E-state index >= 15 is 0 Å². The van der Waals surface area contributed by atoms with Crippen LogP contribution in [0.5, 0.6) is 11.5 Å². The maximum Gasteiger partial charge on any atom is 0.344 e. The first-order valence-corrected chi connectivity index (χ1v) is 10.9. The van der Waals surface area contributed by atoms with E-state index in [-0.39, 0.29) is 23.0 Å². The van der Waals surface area contributed by atoms with Gasteiger partial charge in [0.25, 0.3) is 5.91 Å². The zero-order chi connectivity index (χ0) is 23.8. The summed E-state index contributed by atoms with van der Waals surface area (Å²) in [5.41, 5.74) is 0.909. The van der Waals surface area contributed by atoms with Crippen molar-refractivity contribution in [1.29, 1.82) is 0 Å². The van der Waals surface area contributed by atoms with Crippen LogP contribution in [0.4, 0.5) is 0 Å². The molecule has 0 fully saturated rings. The fourth-order valence-corrected chi connectivity index (χ4v) is 3.94. The van der Waals surface area contributed by atoms with E-state index in [1.807, 2.05) is 0 Å². The highest BCUT2D eigenvalue weighted by Crippen LogP contribution is 2.40. The third-order valence-corrected chi connectivity index (χ3v) is 5.46. The number of aliphatic hydroxyl groups excluding tert-OH is 1. The average molecular weight is 466 g/mol. The maximum absolute atomic E-state index is 12.6. The lowest BCUT2D eigenvalue weighted by atomic mass is 10.1. The lowest BCUT2D eigenvalue weighted by Crippen LogP contribution is -2.14. The summed E-state index contributed by atoms with van der Waals surface area (Å²) in [5, 5.41) is 10.9. The van der Waals surface area contributed by atoms with E-state index in [0.29, 0.717) is 34.1 Å². The fraction of sp³-hybridized carbons (Fsp3) is 0.160. The molecule has 33 heavy (non-hydrogen) atoms. The lowest BCUT2D eigenvalue weighted by molar-refractivity contribution is -0.138. The van der Waals surface area contributed by atoms with Crippen molar-refractivity contribution in [1.82, 2.24) is 0 Å². The molecule has 1 heterocycles. The van der Waals surface area contributed by atoms with Crippen LogP contribution in [0.25, 0.3) is 6.08 Å². The number of hydrogen-bond donors (Lipinski definition) is 1. The zero-order valence-corrected chi connectivity index (χ0v) is 19.1. The molecular formula is C25H23NO6S. The Morgan fingerprint density at radius 3 is 2.58 bits per heavy atom. The third-order valence-electron chi connectivity index (χ3n) is 4.44. The van der Waals surface area contributed by atoms with Gasteiger partial charge in [-0.05, 0) is 42.8 Å². The first kappa shape index (κ1) is 23.9. The van der Waals surface area contributed by atoms with Gasteiger partial charge < -0.3 is 19.3 Å². The summed E-state index contributed by atoms with van der Waals surface area (Å²) in [5.74, 6) is -0.544. The van der Waals surface area contributed by atoms with E-state index < -0.39 is 11.9 Å². The van der Waals surface area contributed by atoms with Crippen molar-refractivity contribution < 1.29 is 28.9 Å². The molecule has 1 aliphatic heterocycles. The summed E-state index contributed by atoms with van der Waals surface area (Å²) in [7, 11) is 1.52. The number of carbonyl (C=O) groups is 2. The number of carbonyl (C=O) groups excluding carboxylic acids is 2. The average Bonchev–Trinajstić information content (AvgIpc) is 3.13. The van der Waals surface area contributed by atoms with Gasteiger partial charge in [0.1, 0.15) is 23.0 Å². The molecule has 1 N–H and O–H groups in total. The van der Waals surface area contributed by atoms with Gasteiger partial charge in [-0.3, -0.25) is 4.79 Å². The quantitative estimate of drug-likeness (QED) is 0.435. The number of esters is 1. The minimum Gasteiger partial charge on any atom is -0.506 e. The molecule has 0 aromatic heterocycles. The van der Waals surface area contributed by atoms with E-state index in [9.17, 15) is 14.7 Å². The minimum atomic E-state index is -0.753. The Hall–Kier alpha value is -3.78. The predicted molar refractivity (Wildman–Crippen MR) is 129 cm³/mol. The van der Waals surface area contributed by atoms with Gasteiger partial charge in [-0.25, -0.2) is 9.79 Å². The largest absolute Gasteiger partial charge is 0.506 e. The summed E-state index contributed by atoms with van der Waals surface area (Å²) >= 11 is 1.01. The van der Waals surface area contributed by atoms with E-state index in [0.717, 1.165) is 11.8 Å². The molecule has 0 radical (unpaired) electrons. The smallest absolute Gasteiger partial charge is 0.344 e. The molecule has 8 heteroatoms. The van der Waals surface area contributed by atoms with Crippen molar-refractivity contribution in [2.24, 2.45) is 4.99 Å². The molecule has 0 aliphatic carbocycles. The van der Waals surface area contributed by atoms with Crippen molar-refractivity contribution in [3.63, 3.8) is 0 Å². The molecule has 1 aliphatic rings. The van der Waals surface area contributed by atoms with Gasteiger partial charge in [0.2, 0.25) is 0 Å². The predicted octanol–water partition coefficient (Wildman–Crippen LogP) is 4.96. The number of amides is 1. The van der Waals surface area contributed by atoms with Crippen molar-refractivity contribution in [3.8, 4) is 11.5 Å². The van der Waals surface area contributed by atoms with E-state index in [4.69, 9.17) is 14.2 Å². The summed E-state index contributed by atoms with van der Waals surface area (Å²) < 4.78 is 16.0. The highest BCUT2D eigenvalue weighted by Gasteiger charge is 2.34. The summed E-state index contributed by atoms with van der Waals surface area (Å²) in [6.45, 7) is 5.72. The van der Waals surface area contributed by atoms with Gasteiger partial charge in [-0.15, -0.1) is 0 Å². The Labute approximate surface area is 196 Å². The standard InChI is InChI=1S/C25H23NO6S/c1-4-13-32-18-12-11-16(14-19(18)30-3)15-20-22(27)21(25(29)31-5-2)24(33-20)26-23(28)17-9-7-6-8-10-17/h4,6-12,14-15,27H,1,5,13H2,2-3H3/b20-15-,26-24?. The van der Waals surface area contributed by atoms with Gasteiger partial charge in [0, 0.05) is 5.56 Å². The van der Waals surface area contributed by atoms with Crippen LogP contribution in [-0.2, 0) is 9.53 Å². The molecule has 0 spiro atoms. The van der Waals surface area contributed by atoms with E-state index in [2.05, 4.69) is 11.6 Å². The Balaban J connectivity index is 1.98. The van der Waals surface area contributed by atoms with E-state index in [1.165, 1.54) is 7.11 Å². The number of methoxy groups -OCH3 is 1. The van der Waals surface area contributed by atoms with Gasteiger partial charge in [0.05, 0.1) is 18.6 Å². The van der Waals surface area contributed by atoms with E-state index in [1.54, 1.807) is 67.6 Å². The topological polar surface area (TPSA) is 94.4 Å². The van der Waals surface area contributed by atoms with Crippen molar-refractivity contribution in [3.05, 3.63) is 88.6 Å².